The lowest BCUT2D eigenvalue weighted by Crippen LogP contribution is -2.09. The van der Waals surface area contributed by atoms with Crippen molar-refractivity contribution in [1.29, 1.82) is 0 Å². The average Bonchev–Trinajstić information content (AvgIpc) is 3.76. The summed E-state index contributed by atoms with van der Waals surface area (Å²) in [4.78, 5) is 16.5. The summed E-state index contributed by atoms with van der Waals surface area (Å²) in [5, 5.41) is 2.58. The van der Waals surface area contributed by atoms with Gasteiger partial charge in [-0.3, -0.25) is 0 Å². The Morgan fingerprint density at radius 3 is 1.84 bits per heavy atom. The highest BCUT2D eigenvalue weighted by Gasteiger charge is 2.32. The molecule has 2 unspecified atom stereocenters. The zero-order valence-electron chi connectivity index (χ0n) is 26.9. The topological polar surface area (TPSA) is 51.8 Å². The van der Waals surface area contributed by atoms with Gasteiger partial charge in [0, 0.05) is 43.5 Å². The number of rotatable bonds is 5. The highest BCUT2D eigenvalue weighted by atomic mass is 32.2. The summed E-state index contributed by atoms with van der Waals surface area (Å²) in [6.07, 6.45) is 7.04. The Morgan fingerprint density at radius 1 is 0.480 bits per heavy atom. The number of thioether (sulfide) groups is 1. The molecule has 0 spiro atoms. The molecule has 0 amide bonds. The van der Waals surface area contributed by atoms with Crippen molar-refractivity contribution in [2.75, 3.05) is 0 Å². The van der Waals surface area contributed by atoms with Crippen LogP contribution in [0.25, 0.3) is 72.8 Å². The van der Waals surface area contributed by atoms with Crippen LogP contribution in [0.5, 0.6) is 0 Å². The molecule has 2 aromatic heterocycles. The fraction of sp³-hybridized carbons (Fsp3) is 0.0444. The molecule has 2 aliphatic rings. The normalized spacial score (nSPS) is 16.4. The van der Waals surface area contributed by atoms with Crippen molar-refractivity contribution in [3.05, 3.63) is 175 Å². The molecule has 0 saturated heterocycles. The third-order valence-electron chi connectivity index (χ3n) is 9.72. The molecule has 8 aromatic rings. The van der Waals surface area contributed by atoms with Gasteiger partial charge in [0.05, 0.1) is 0 Å². The minimum Gasteiger partial charge on any atom is -0.456 e. The average molecular weight is 660 g/mol. The minimum absolute atomic E-state index is 0.415. The number of nitrogens with zero attached hydrogens (tertiary/aromatic N) is 3. The fourth-order valence-electron chi connectivity index (χ4n) is 7.13. The summed E-state index contributed by atoms with van der Waals surface area (Å²) in [5.74, 6) is 2.29. The van der Waals surface area contributed by atoms with Crippen LogP contribution in [-0.2, 0) is 0 Å². The van der Waals surface area contributed by atoms with Crippen LogP contribution >= 0.6 is 11.8 Å². The van der Waals surface area contributed by atoms with E-state index in [1.165, 1.54) is 27.2 Å². The molecule has 10 rings (SSSR count). The van der Waals surface area contributed by atoms with E-state index in [0.717, 1.165) is 44.2 Å². The van der Waals surface area contributed by atoms with Gasteiger partial charge in [0.2, 0.25) is 0 Å². The molecule has 236 valence electrons. The van der Waals surface area contributed by atoms with E-state index >= 15 is 0 Å². The molecule has 0 radical (unpaired) electrons. The first-order chi connectivity index (χ1) is 24.7. The van der Waals surface area contributed by atoms with Crippen molar-refractivity contribution >= 4 is 39.3 Å². The molecular weight excluding hydrogens is 631 g/mol. The summed E-state index contributed by atoms with van der Waals surface area (Å²) < 4.78 is 6.23. The molecule has 0 fully saturated rings. The number of hydrogen-bond acceptors (Lipinski definition) is 5. The zero-order valence-corrected chi connectivity index (χ0v) is 27.7. The van der Waals surface area contributed by atoms with Crippen LogP contribution in [0.1, 0.15) is 17.0 Å². The molecule has 5 heteroatoms. The summed E-state index contributed by atoms with van der Waals surface area (Å²) in [6.45, 7) is 0. The first-order valence-electron chi connectivity index (χ1n) is 16.8. The molecule has 0 bridgehead atoms. The Labute approximate surface area is 293 Å². The predicted octanol–water partition coefficient (Wildman–Crippen LogP) is 11.7. The van der Waals surface area contributed by atoms with E-state index in [1.54, 1.807) is 0 Å². The SMILES string of the molecule is C1=CC2c3ccccc3SC2C=C1c1ccc(-c2nc(-c3ccc(-c4ccccc4)cc3)nc(-c3ccc4c(c3)oc3ccccc34)n2)cc1. The second kappa shape index (κ2) is 11.8. The largest absolute Gasteiger partial charge is 0.456 e. The zero-order chi connectivity index (χ0) is 33.0. The maximum atomic E-state index is 6.23. The summed E-state index contributed by atoms with van der Waals surface area (Å²) >= 11 is 1.96. The number of furan rings is 1. The molecule has 0 saturated carbocycles. The van der Waals surface area contributed by atoms with Crippen LogP contribution in [0.15, 0.2) is 173 Å². The molecule has 0 N–H and O–H groups in total. The molecule has 4 nitrogen and oxygen atoms in total. The molecular formula is C45H29N3OS. The molecule has 3 heterocycles. The lowest BCUT2D eigenvalue weighted by Gasteiger charge is -2.19. The van der Waals surface area contributed by atoms with Gasteiger partial charge in [0.1, 0.15) is 11.2 Å². The van der Waals surface area contributed by atoms with Gasteiger partial charge >= 0.3 is 0 Å². The van der Waals surface area contributed by atoms with Crippen LogP contribution in [0.2, 0.25) is 0 Å². The third kappa shape index (κ3) is 5.06. The monoisotopic (exact) mass is 659 g/mol. The van der Waals surface area contributed by atoms with E-state index in [9.17, 15) is 0 Å². The predicted molar refractivity (Wildman–Crippen MR) is 205 cm³/mol. The summed E-state index contributed by atoms with van der Waals surface area (Å²) in [7, 11) is 0. The van der Waals surface area contributed by atoms with E-state index in [2.05, 4.69) is 133 Å². The fourth-order valence-corrected chi connectivity index (χ4v) is 8.51. The minimum atomic E-state index is 0.415. The summed E-state index contributed by atoms with van der Waals surface area (Å²) in [5.41, 5.74) is 10.6. The van der Waals surface area contributed by atoms with Crippen LogP contribution < -0.4 is 0 Å². The van der Waals surface area contributed by atoms with E-state index in [4.69, 9.17) is 19.4 Å². The second-order valence-electron chi connectivity index (χ2n) is 12.8. The molecule has 1 aliphatic heterocycles. The Morgan fingerprint density at radius 2 is 1.06 bits per heavy atom. The van der Waals surface area contributed by atoms with E-state index in [1.807, 2.05) is 42.1 Å². The van der Waals surface area contributed by atoms with Crippen molar-refractivity contribution in [2.45, 2.75) is 16.1 Å². The number of aromatic nitrogens is 3. The smallest absolute Gasteiger partial charge is 0.164 e. The lowest BCUT2D eigenvalue weighted by molar-refractivity contribution is 0.669. The van der Waals surface area contributed by atoms with E-state index in [-0.39, 0.29) is 0 Å². The van der Waals surface area contributed by atoms with Crippen molar-refractivity contribution in [1.82, 2.24) is 15.0 Å². The first kappa shape index (κ1) is 28.9. The van der Waals surface area contributed by atoms with Gasteiger partial charge in [0.25, 0.3) is 0 Å². The Kier molecular flexibility index (Phi) is 6.84. The van der Waals surface area contributed by atoms with Gasteiger partial charge in [-0.25, -0.2) is 15.0 Å². The Balaban J connectivity index is 1.03. The van der Waals surface area contributed by atoms with Crippen molar-refractivity contribution in [3.8, 4) is 45.3 Å². The number of allylic oxidation sites excluding steroid dienone is 3. The van der Waals surface area contributed by atoms with Crippen LogP contribution in [-0.4, -0.2) is 20.2 Å². The molecule has 2 atom stereocenters. The molecule has 50 heavy (non-hydrogen) atoms. The van der Waals surface area contributed by atoms with E-state index < -0.39 is 0 Å². The maximum absolute atomic E-state index is 6.23. The van der Waals surface area contributed by atoms with Gasteiger partial charge in [-0.15, -0.1) is 11.8 Å². The van der Waals surface area contributed by atoms with Crippen LogP contribution in [0, 0.1) is 0 Å². The standard InChI is InChI=1S/C45H29N3OS/c1-2-8-28(9-3-1)29-14-18-31(19-15-29)43-46-44(48-45(47-43)34-23-24-36-35-10-4-6-12-39(35)49-40(36)26-34)32-20-16-30(17-21-32)33-22-25-38-37-11-5-7-13-41(37)50-42(38)27-33/h1-27,38,42H. The van der Waals surface area contributed by atoms with Gasteiger partial charge < -0.3 is 4.42 Å². The third-order valence-corrected chi connectivity index (χ3v) is 11.0. The van der Waals surface area contributed by atoms with E-state index in [0.29, 0.717) is 28.6 Å². The number of hydrogen-bond donors (Lipinski definition) is 0. The van der Waals surface area contributed by atoms with Crippen molar-refractivity contribution in [3.63, 3.8) is 0 Å². The lowest BCUT2D eigenvalue weighted by atomic mass is 9.88. The molecule has 6 aromatic carbocycles. The van der Waals surface area contributed by atoms with Crippen LogP contribution in [0.4, 0.5) is 0 Å². The summed E-state index contributed by atoms with van der Waals surface area (Å²) in [6, 6.07) is 50.5. The quantitative estimate of drug-likeness (QED) is 0.184. The first-order valence-corrected chi connectivity index (χ1v) is 17.7. The molecule has 1 aliphatic carbocycles. The number of fused-ring (bicyclic) bond motifs is 6. The Bertz CT molecular complexity index is 2620. The maximum Gasteiger partial charge on any atom is 0.164 e. The van der Waals surface area contributed by atoms with Crippen molar-refractivity contribution in [2.24, 2.45) is 0 Å². The highest BCUT2D eigenvalue weighted by molar-refractivity contribution is 8.00. The van der Waals surface area contributed by atoms with Gasteiger partial charge in [-0.2, -0.15) is 0 Å². The van der Waals surface area contributed by atoms with Gasteiger partial charge in [-0.05, 0) is 52.1 Å². The second-order valence-corrected chi connectivity index (χ2v) is 14.0. The number of benzene rings is 6. The highest BCUT2D eigenvalue weighted by Crippen LogP contribution is 2.49. The Hall–Kier alpha value is -6.04. The van der Waals surface area contributed by atoms with Crippen molar-refractivity contribution < 1.29 is 4.42 Å². The van der Waals surface area contributed by atoms with Gasteiger partial charge in [-0.1, -0.05) is 140 Å². The number of para-hydroxylation sites is 1. The van der Waals surface area contributed by atoms with Gasteiger partial charge in [0.15, 0.2) is 17.5 Å². The van der Waals surface area contributed by atoms with Crippen LogP contribution in [0.3, 0.4) is 0 Å².